The van der Waals surface area contributed by atoms with E-state index in [9.17, 15) is 13.2 Å². The highest BCUT2D eigenvalue weighted by atomic mass is 32.2. The van der Waals surface area contributed by atoms with Gasteiger partial charge in [0.25, 0.3) is 0 Å². The summed E-state index contributed by atoms with van der Waals surface area (Å²) >= 11 is 0. The van der Waals surface area contributed by atoms with Crippen molar-refractivity contribution < 1.29 is 13.2 Å². The van der Waals surface area contributed by atoms with Crippen LogP contribution in [-0.4, -0.2) is 43.5 Å². The van der Waals surface area contributed by atoms with Gasteiger partial charge >= 0.3 is 0 Å². The average molecular weight is 407 g/mol. The number of sulfonamides is 1. The van der Waals surface area contributed by atoms with Gasteiger partial charge in [-0.2, -0.15) is 0 Å². The molecule has 1 aliphatic carbocycles. The van der Waals surface area contributed by atoms with Crippen LogP contribution in [0, 0.1) is 5.92 Å². The van der Waals surface area contributed by atoms with Gasteiger partial charge in [0.05, 0.1) is 11.7 Å². The van der Waals surface area contributed by atoms with E-state index in [4.69, 9.17) is 0 Å². The van der Waals surface area contributed by atoms with E-state index in [1.54, 1.807) is 4.31 Å². The van der Waals surface area contributed by atoms with Crippen LogP contribution in [0.2, 0.25) is 0 Å². The molecule has 0 unspecified atom stereocenters. The summed E-state index contributed by atoms with van der Waals surface area (Å²) in [4.78, 5) is 12.7. The van der Waals surface area contributed by atoms with Gasteiger partial charge in [-0.1, -0.05) is 56.0 Å². The first-order valence-electron chi connectivity index (χ1n) is 10.9. The molecule has 0 radical (unpaired) electrons. The van der Waals surface area contributed by atoms with Gasteiger partial charge in [-0.3, -0.25) is 4.79 Å². The number of carbonyl (C=O) groups is 1. The second-order valence-electron chi connectivity index (χ2n) is 8.30. The lowest BCUT2D eigenvalue weighted by atomic mass is 9.97. The second-order valence-corrected chi connectivity index (χ2v) is 10.4. The quantitative estimate of drug-likeness (QED) is 0.705. The van der Waals surface area contributed by atoms with Crippen molar-refractivity contribution in [2.24, 2.45) is 5.92 Å². The fourth-order valence-electron chi connectivity index (χ4n) is 4.38. The van der Waals surface area contributed by atoms with Crippen LogP contribution >= 0.6 is 0 Å². The fraction of sp³-hybridized carbons (Fsp3) is 0.682. The van der Waals surface area contributed by atoms with Gasteiger partial charge in [0.1, 0.15) is 0 Å². The standard InChI is InChI=1S/C22H34N2O3S/c25-22(23-21-14-6-1-2-7-15-21)20-13-8-16-24(18-20)28(26,27)17-9-12-19-10-4-3-5-11-19/h3-5,10-11,20-21H,1-2,6-9,12-18H2,(H,23,25)/t20-/m0/s1. The van der Waals surface area contributed by atoms with Gasteiger partial charge in [0.15, 0.2) is 0 Å². The van der Waals surface area contributed by atoms with Crippen molar-refractivity contribution in [3.63, 3.8) is 0 Å². The molecule has 6 heteroatoms. The summed E-state index contributed by atoms with van der Waals surface area (Å²) < 4.78 is 27.1. The minimum absolute atomic E-state index is 0.0519. The Balaban J connectivity index is 1.49. The lowest BCUT2D eigenvalue weighted by Crippen LogP contribution is -2.48. The molecular weight excluding hydrogens is 372 g/mol. The molecule has 1 aliphatic heterocycles. The maximum atomic E-state index is 12.8. The average Bonchev–Trinajstić information content (AvgIpc) is 2.97. The number of piperidine rings is 1. The molecule has 1 aromatic carbocycles. The molecular formula is C22H34N2O3S. The fourth-order valence-corrected chi connectivity index (χ4v) is 5.97. The van der Waals surface area contributed by atoms with Crippen molar-refractivity contribution in [3.8, 4) is 0 Å². The van der Waals surface area contributed by atoms with Crippen LogP contribution in [0.3, 0.4) is 0 Å². The Morgan fingerprint density at radius 2 is 1.71 bits per heavy atom. The van der Waals surface area contributed by atoms with E-state index in [0.29, 0.717) is 19.5 Å². The zero-order valence-electron chi connectivity index (χ0n) is 16.8. The lowest BCUT2D eigenvalue weighted by Gasteiger charge is -2.32. The molecule has 5 nitrogen and oxygen atoms in total. The number of nitrogens with one attached hydrogen (secondary N) is 1. The molecule has 28 heavy (non-hydrogen) atoms. The minimum Gasteiger partial charge on any atom is -0.353 e. The first kappa shape index (κ1) is 21.3. The molecule has 1 N–H and O–H groups in total. The van der Waals surface area contributed by atoms with Crippen LogP contribution in [0.5, 0.6) is 0 Å². The van der Waals surface area contributed by atoms with Crippen molar-refractivity contribution in [2.75, 3.05) is 18.8 Å². The summed E-state index contributed by atoms with van der Waals surface area (Å²) in [5, 5.41) is 3.20. The molecule has 2 aliphatic rings. The number of aryl methyl sites for hydroxylation is 1. The van der Waals surface area contributed by atoms with E-state index in [1.807, 2.05) is 30.3 Å². The summed E-state index contributed by atoms with van der Waals surface area (Å²) in [5.74, 6) is -0.00392. The molecule has 3 rings (SSSR count). The normalized spacial score (nSPS) is 22.5. The topological polar surface area (TPSA) is 66.5 Å². The molecule has 156 valence electrons. The van der Waals surface area contributed by atoms with Gasteiger partial charge < -0.3 is 5.32 Å². The summed E-state index contributed by atoms with van der Waals surface area (Å²) in [6.07, 6.45) is 9.90. The molecule has 0 aromatic heterocycles. The Morgan fingerprint density at radius 3 is 2.43 bits per heavy atom. The predicted molar refractivity (Wildman–Crippen MR) is 112 cm³/mol. The van der Waals surface area contributed by atoms with Crippen molar-refractivity contribution in [1.29, 1.82) is 0 Å². The van der Waals surface area contributed by atoms with E-state index in [1.165, 1.54) is 25.7 Å². The smallest absolute Gasteiger partial charge is 0.224 e. The van der Waals surface area contributed by atoms with Crippen LogP contribution in [0.1, 0.15) is 63.4 Å². The van der Waals surface area contributed by atoms with Crippen molar-refractivity contribution in [2.45, 2.75) is 70.3 Å². The monoisotopic (exact) mass is 406 g/mol. The molecule has 1 atom stereocenters. The Kier molecular flexibility index (Phi) is 7.91. The number of rotatable bonds is 7. The van der Waals surface area contributed by atoms with Crippen molar-refractivity contribution in [3.05, 3.63) is 35.9 Å². The van der Waals surface area contributed by atoms with Gasteiger partial charge in [0.2, 0.25) is 15.9 Å². The molecule has 1 heterocycles. The van der Waals surface area contributed by atoms with Gasteiger partial charge in [-0.05, 0) is 44.1 Å². The first-order chi connectivity index (χ1) is 13.5. The van der Waals surface area contributed by atoms with Crippen molar-refractivity contribution >= 4 is 15.9 Å². The molecule has 1 saturated carbocycles. The van der Waals surface area contributed by atoms with Crippen LogP contribution in [0.25, 0.3) is 0 Å². The lowest BCUT2D eigenvalue weighted by molar-refractivity contribution is -0.126. The van der Waals surface area contributed by atoms with Crippen LogP contribution < -0.4 is 5.32 Å². The van der Waals surface area contributed by atoms with E-state index in [-0.39, 0.29) is 23.6 Å². The Morgan fingerprint density at radius 1 is 1.00 bits per heavy atom. The highest BCUT2D eigenvalue weighted by Gasteiger charge is 2.32. The van der Waals surface area contributed by atoms with Crippen LogP contribution in [-0.2, 0) is 21.2 Å². The number of nitrogens with zero attached hydrogens (tertiary/aromatic N) is 1. The Labute approximate surface area is 169 Å². The molecule has 0 bridgehead atoms. The number of hydrogen-bond donors (Lipinski definition) is 1. The third-order valence-corrected chi connectivity index (χ3v) is 7.98. The zero-order chi connectivity index (χ0) is 19.8. The minimum atomic E-state index is -3.31. The van der Waals surface area contributed by atoms with Gasteiger partial charge in [0, 0.05) is 19.1 Å². The van der Waals surface area contributed by atoms with E-state index < -0.39 is 10.0 Å². The molecule has 0 spiro atoms. The number of hydrogen-bond acceptors (Lipinski definition) is 3. The maximum Gasteiger partial charge on any atom is 0.224 e. The van der Waals surface area contributed by atoms with Crippen LogP contribution in [0.15, 0.2) is 30.3 Å². The Bertz CT molecular complexity index is 713. The second kappa shape index (κ2) is 10.4. The highest BCUT2D eigenvalue weighted by Crippen LogP contribution is 2.22. The van der Waals surface area contributed by atoms with Gasteiger partial charge in [-0.25, -0.2) is 12.7 Å². The van der Waals surface area contributed by atoms with E-state index in [2.05, 4.69) is 5.32 Å². The van der Waals surface area contributed by atoms with E-state index in [0.717, 1.165) is 37.7 Å². The highest BCUT2D eigenvalue weighted by molar-refractivity contribution is 7.89. The molecule has 1 amide bonds. The summed E-state index contributed by atoms with van der Waals surface area (Å²) in [7, 11) is -3.31. The third-order valence-electron chi connectivity index (χ3n) is 6.06. The van der Waals surface area contributed by atoms with Crippen LogP contribution in [0.4, 0.5) is 0 Å². The summed E-state index contributed by atoms with van der Waals surface area (Å²) in [6, 6.07) is 10.3. The first-order valence-corrected chi connectivity index (χ1v) is 12.5. The maximum absolute atomic E-state index is 12.8. The Hall–Kier alpha value is -1.40. The zero-order valence-corrected chi connectivity index (χ0v) is 17.6. The predicted octanol–water partition coefficient (Wildman–Crippen LogP) is 3.50. The molecule has 2 fully saturated rings. The molecule has 1 aromatic rings. The molecule has 1 saturated heterocycles. The number of carbonyl (C=O) groups excluding carboxylic acids is 1. The number of amides is 1. The summed E-state index contributed by atoms with van der Waals surface area (Å²) in [5.41, 5.74) is 1.16. The number of benzene rings is 1. The largest absolute Gasteiger partial charge is 0.353 e. The third kappa shape index (κ3) is 6.31. The SMILES string of the molecule is O=C(NC1CCCCCC1)[C@H]1CCCN(S(=O)(=O)CCCc2ccccc2)C1. The van der Waals surface area contributed by atoms with Gasteiger partial charge in [-0.15, -0.1) is 0 Å². The summed E-state index contributed by atoms with van der Waals surface area (Å²) in [6.45, 7) is 0.882. The van der Waals surface area contributed by atoms with E-state index >= 15 is 0 Å². The van der Waals surface area contributed by atoms with Crippen molar-refractivity contribution in [1.82, 2.24) is 9.62 Å².